The van der Waals surface area contributed by atoms with Gasteiger partial charge in [-0.1, -0.05) is 11.8 Å². The summed E-state index contributed by atoms with van der Waals surface area (Å²) < 4.78 is 0. The number of nitrogens with one attached hydrogen (secondary N) is 1. The second kappa shape index (κ2) is 10.3. The highest BCUT2D eigenvalue weighted by Gasteiger charge is 2.18. The Morgan fingerprint density at radius 3 is 2.46 bits per heavy atom. The Morgan fingerprint density at radius 1 is 1.11 bits per heavy atom. The third-order valence-corrected chi connectivity index (χ3v) is 5.32. The lowest BCUT2D eigenvalue weighted by molar-refractivity contribution is -0.118. The van der Waals surface area contributed by atoms with Gasteiger partial charge in [0.2, 0.25) is 11.9 Å². The molecule has 3 heterocycles. The zero-order valence-corrected chi connectivity index (χ0v) is 17.3. The molecular weight excluding hydrogens is 374 g/mol. The fourth-order valence-corrected chi connectivity index (χ4v) is 3.88. The van der Waals surface area contributed by atoms with Crippen molar-refractivity contribution in [3.05, 3.63) is 35.9 Å². The van der Waals surface area contributed by atoms with E-state index in [2.05, 4.69) is 35.1 Å². The molecule has 1 aliphatic heterocycles. The van der Waals surface area contributed by atoms with Crippen LogP contribution < -0.4 is 10.2 Å². The quantitative estimate of drug-likeness (QED) is 0.402. The van der Waals surface area contributed by atoms with E-state index < -0.39 is 0 Å². The van der Waals surface area contributed by atoms with Crippen molar-refractivity contribution in [1.29, 1.82) is 0 Å². The Balaban J connectivity index is 1.28. The molecule has 0 aliphatic carbocycles. The average Bonchev–Trinajstić information content (AvgIpc) is 2.70. The van der Waals surface area contributed by atoms with Gasteiger partial charge in [-0.15, -0.1) is 0 Å². The van der Waals surface area contributed by atoms with Crippen LogP contribution in [0.2, 0.25) is 0 Å². The maximum atomic E-state index is 12.0. The smallest absolute Gasteiger partial charge is 0.230 e. The highest BCUT2D eigenvalue weighted by atomic mass is 32.2. The minimum Gasteiger partial charge on any atom is -0.355 e. The lowest BCUT2D eigenvalue weighted by Gasteiger charge is -2.34. The second-order valence-electron chi connectivity index (χ2n) is 6.80. The van der Waals surface area contributed by atoms with Crippen LogP contribution in [-0.2, 0) is 4.79 Å². The molecule has 1 aliphatic rings. The van der Waals surface area contributed by atoms with E-state index in [0.717, 1.165) is 56.5 Å². The molecule has 1 amide bonds. The summed E-state index contributed by atoms with van der Waals surface area (Å²) in [6.45, 7) is 9.40. The Hall–Kier alpha value is -2.26. The second-order valence-corrected chi connectivity index (χ2v) is 7.75. The number of anilines is 1. The van der Waals surface area contributed by atoms with Gasteiger partial charge in [0.05, 0.1) is 5.75 Å². The first-order chi connectivity index (χ1) is 13.6. The molecule has 0 aromatic carbocycles. The lowest BCUT2D eigenvalue weighted by Crippen LogP contribution is -2.47. The summed E-state index contributed by atoms with van der Waals surface area (Å²) in [5.74, 6) is 1.18. The number of carbonyl (C=O) groups is 1. The minimum absolute atomic E-state index is 0.0267. The van der Waals surface area contributed by atoms with Gasteiger partial charge in [0, 0.05) is 56.5 Å². The minimum atomic E-state index is 0.0267. The van der Waals surface area contributed by atoms with Gasteiger partial charge in [-0.2, -0.15) is 0 Å². The van der Waals surface area contributed by atoms with Crippen molar-refractivity contribution in [2.24, 2.45) is 0 Å². The molecule has 1 N–H and O–H groups in total. The summed E-state index contributed by atoms with van der Waals surface area (Å²) in [7, 11) is 0. The van der Waals surface area contributed by atoms with Gasteiger partial charge >= 0.3 is 0 Å². The van der Waals surface area contributed by atoms with Crippen molar-refractivity contribution in [1.82, 2.24) is 30.2 Å². The zero-order valence-electron chi connectivity index (χ0n) is 16.5. The molecule has 3 rings (SSSR count). The standard InChI is InChI=1S/C19H27N7OS/c1-15-13-16(2)24-19(23-15)28-14-17(27)20-7-4-8-25-9-11-26(12-10-25)18-21-5-3-6-22-18/h3,5-6,13H,4,7-12,14H2,1-2H3,(H,20,27). The highest BCUT2D eigenvalue weighted by Crippen LogP contribution is 2.13. The van der Waals surface area contributed by atoms with Gasteiger partial charge < -0.3 is 10.2 Å². The number of hydrogen-bond acceptors (Lipinski definition) is 8. The average molecular weight is 402 g/mol. The number of nitrogens with zero attached hydrogens (tertiary/aromatic N) is 6. The van der Waals surface area contributed by atoms with E-state index in [4.69, 9.17) is 0 Å². The number of aromatic nitrogens is 4. The topological polar surface area (TPSA) is 87.1 Å². The molecule has 0 unspecified atom stereocenters. The fourth-order valence-electron chi connectivity index (χ4n) is 3.10. The summed E-state index contributed by atoms with van der Waals surface area (Å²) in [5, 5.41) is 3.64. The Labute approximate surface area is 170 Å². The molecule has 9 heteroatoms. The van der Waals surface area contributed by atoms with E-state index >= 15 is 0 Å². The van der Waals surface area contributed by atoms with Crippen molar-refractivity contribution in [3.8, 4) is 0 Å². The molecule has 28 heavy (non-hydrogen) atoms. The van der Waals surface area contributed by atoms with E-state index in [0.29, 0.717) is 17.5 Å². The van der Waals surface area contributed by atoms with E-state index in [1.807, 2.05) is 26.0 Å². The largest absolute Gasteiger partial charge is 0.355 e. The van der Waals surface area contributed by atoms with Gasteiger partial charge in [0.25, 0.3) is 0 Å². The maximum Gasteiger partial charge on any atom is 0.230 e. The van der Waals surface area contributed by atoms with Crippen LogP contribution in [0.1, 0.15) is 17.8 Å². The first-order valence-electron chi connectivity index (χ1n) is 9.56. The van der Waals surface area contributed by atoms with Gasteiger partial charge in [-0.3, -0.25) is 9.69 Å². The molecule has 8 nitrogen and oxygen atoms in total. The number of carbonyl (C=O) groups excluding carboxylic acids is 1. The molecule has 0 radical (unpaired) electrons. The van der Waals surface area contributed by atoms with E-state index in [1.165, 1.54) is 11.8 Å². The first kappa shape index (κ1) is 20.5. The van der Waals surface area contributed by atoms with Gasteiger partial charge in [-0.25, -0.2) is 19.9 Å². The molecule has 0 spiro atoms. The van der Waals surface area contributed by atoms with Gasteiger partial charge in [0.1, 0.15) is 0 Å². The SMILES string of the molecule is Cc1cc(C)nc(SCC(=O)NCCCN2CCN(c3ncccn3)CC2)n1. The summed E-state index contributed by atoms with van der Waals surface area (Å²) in [6.07, 6.45) is 4.50. The molecule has 1 fully saturated rings. The molecule has 1 saturated heterocycles. The van der Waals surface area contributed by atoms with Gasteiger partial charge in [0.15, 0.2) is 5.16 Å². The molecule has 0 bridgehead atoms. The Morgan fingerprint density at radius 2 is 1.79 bits per heavy atom. The van der Waals surface area contributed by atoms with E-state index in [1.54, 1.807) is 12.4 Å². The lowest BCUT2D eigenvalue weighted by atomic mass is 10.3. The van der Waals surface area contributed by atoms with Crippen molar-refractivity contribution in [2.45, 2.75) is 25.4 Å². The molecule has 150 valence electrons. The Kier molecular flexibility index (Phi) is 7.55. The predicted octanol–water partition coefficient (Wildman–Crippen LogP) is 1.30. The van der Waals surface area contributed by atoms with Crippen LogP contribution in [0.5, 0.6) is 0 Å². The molecule has 0 atom stereocenters. The number of thioether (sulfide) groups is 1. The van der Waals surface area contributed by atoms with E-state index in [9.17, 15) is 4.79 Å². The summed E-state index contributed by atoms with van der Waals surface area (Å²) in [4.78, 5) is 34.0. The normalized spacial score (nSPS) is 14.9. The first-order valence-corrected chi connectivity index (χ1v) is 10.5. The van der Waals surface area contributed by atoms with Crippen LogP contribution in [0.3, 0.4) is 0 Å². The molecule has 0 saturated carbocycles. The highest BCUT2D eigenvalue weighted by molar-refractivity contribution is 7.99. The molecular formula is C19H27N7OS. The van der Waals surface area contributed by atoms with E-state index in [-0.39, 0.29) is 5.91 Å². The summed E-state index contributed by atoms with van der Waals surface area (Å²) >= 11 is 1.38. The fraction of sp³-hybridized carbons (Fsp3) is 0.526. The summed E-state index contributed by atoms with van der Waals surface area (Å²) in [6, 6.07) is 3.76. The number of amides is 1. The van der Waals surface area contributed by atoms with Crippen molar-refractivity contribution in [2.75, 3.05) is 49.9 Å². The van der Waals surface area contributed by atoms with Crippen LogP contribution >= 0.6 is 11.8 Å². The third kappa shape index (κ3) is 6.42. The number of piperazine rings is 1. The zero-order chi connectivity index (χ0) is 19.8. The van der Waals surface area contributed by atoms with Crippen molar-refractivity contribution >= 4 is 23.6 Å². The van der Waals surface area contributed by atoms with Crippen LogP contribution in [0.25, 0.3) is 0 Å². The van der Waals surface area contributed by atoms with Crippen molar-refractivity contribution < 1.29 is 4.79 Å². The van der Waals surface area contributed by atoms with Crippen LogP contribution in [0.4, 0.5) is 5.95 Å². The van der Waals surface area contributed by atoms with Crippen LogP contribution in [0, 0.1) is 13.8 Å². The Bertz CT molecular complexity index is 746. The number of hydrogen-bond donors (Lipinski definition) is 1. The monoisotopic (exact) mass is 401 g/mol. The van der Waals surface area contributed by atoms with Crippen molar-refractivity contribution in [3.63, 3.8) is 0 Å². The number of aryl methyl sites for hydroxylation is 2. The summed E-state index contributed by atoms with van der Waals surface area (Å²) in [5.41, 5.74) is 1.85. The van der Waals surface area contributed by atoms with Crippen LogP contribution in [-0.4, -0.2) is 75.8 Å². The maximum absolute atomic E-state index is 12.0. The third-order valence-electron chi connectivity index (χ3n) is 4.47. The predicted molar refractivity (Wildman–Crippen MR) is 111 cm³/mol. The molecule has 2 aromatic rings. The van der Waals surface area contributed by atoms with Crippen LogP contribution in [0.15, 0.2) is 29.7 Å². The number of rotatable bonds is 8. The van der Waals surface area contributed by atoms with Gasteiger partial charge in [-0.05, 0) is 38.9 Å². The molecule has 2 aromatic heterocycles.